The average molecular weight is 260 g/mol. The van der Waals surface area contributed by atoms with E-state index < -0.39 is 0 Å². The van der Waals surface area contributed by atoms with Crippen molar-refractivity contribution in [1.29, 1.82) is 0 Å². The predicted octanol–water partition coefficient (Wildman–Crippen LogP) is 2.46. The molecule has 100 valence electrons. The highest BCUT2D eigenvalue weighted by molar-refractivity contribution is 5.77. The molecule has 0 saturated carbocycles. The number of rotatable bonds is 3. The molecule has 1 aliphatic rings. The van der Waals surface area contributed by atoms with Crippen LogP contribution in [0.25, 0.3) is 11.0 Å². The molecule has 3 rings (SSSR count). The van der Waals surface area contributed by atoms with E-state index in [0.717, 1.165) is 29.9 Å². The normalized spacial score (nSPS) is 20.2. The third-order valence-electron chi connectivity index (χ3n) is 3.77. The number of aromatic nitrogens is 2. The van der Waals surface area contributed by atoms with Crippen LogP contribution in [0.4, 0.5) is 5.69 Å². The molecule has 6 nitrogen and oxygen atoms in total. The van der Waals surface area contributed by atoms with Crippen molar-refractivity contribution >= 4 is 16.7 Å². The van der Waals surface area contributed by atoms with Gasteiger partial charge >= 0.3 is 0 Å². The topological polar surface area (TPSA) is 75.1 Å². The highest BCUT2D eigenvalue weighted by atomic mass is 16.6. The first-order valence-corrected chi connectivity index (χ1v) is 6.50. The summed E-state index contributed by atoms with van der Waals surface area (Å²) in [6.07, 6.45) is 2.46. The van der Waals surface area contributed by atoms with E-state index in [1.165, 1.54) is 18.9 Å². The van der Waals surface area contributed by atoms with Gasteiger partial charge in [-0.25, -0.2) is 4.98 Å². The molecule has 19 heavy (non-hydrogen) atoms. The quantitative estimate of drug-likeness (QED) is 0.679. The van der Waals surface area contributed by atoms with Crippen LogP contribution in [0.5, 0.6) is 0 Å². The molecule has 0 radical (unpaired) electrons. The number of fused-ring (bicyclic) bond motifs is 1. The fourth-order valence-electron chi connectivity index (χ4n) is 2.66. The summed E-state index contributed by atoms with van der Waals surface area (Å²) in [5.74, 6) is 0.879. The van der Waals surface area contributed by atoms with Gasteiger partial charge in [-0.15, -0.1) is 0 Å². The molecule has 0 aliphatic carbocycles. The monoisotopic (exact) mass is 260 g/mol. The van der Waals surface area contributed by atoms with E-state index >= 15 is 0 Å². The molecule has 0 bridgehead atoms. The second kappa shape index (κ2) is 4.62. The van der Waals surface area contributed by atoms with Gasteiger partial charge < -0.3 is 4.98 Å². The molecule has 0 spiro atoms. The number of non-ortho nitro benzene ring substituents is 1. The number of likely N-dealkylation sites (tertiary alicyclic amines) is 1. The van der Waals surface area contributed by atoms with Gasteiger partial charge in [0, 0.05) is 18.2 Å². The Morgan fingerprint density at radius 3 is 3.11 bits per heavy atom. The summed E-state index contributed by atoms with van der Waals surface area (Å²) in [7, 11) is 0. The van der Waals surface area contributed by atoms with Crippen molar-refractivity contribution in [2.75, 3.05) is 6.54 Å². The van der Waals surface area contributed by atoms with Crippen LogP contribution < -0.4 is 0 Å². The summed E-state index contributed by atoms with van der Waals surface area (Å²) in [5, 5.41) is 10.7. The zero-order valence-corrected chi connectivity index (χ0v) is 10.8. The lowest BCUT2D eigenvalue weighted by Crippen LogP contribution is -2.26. The lowest BCUT2D eigenvalue weighted by Gasteiger charge is -2.19. The molecular formula is C13H16N4O2. The highest BCUT2D eigenvalue weighted by Crippen LogP contribution is 2.22. The van der Waals surface area contributed by atoms with E-state index in [4.69, 9.17) is 0 Å². The van der Waals surface area contributed by atoms with Crippen molar-refractivity contribution < 1.29 is 4.92 Å². The molecule has 2 heterocycles. The van der Waals surface area contributed by atoms with Gasteiger partial charge in [-0.05, 0) is 32.4 Å². The first-order valence-electron chi connectivity index (χ1n) is 6.50. The van der Waals surface area contributed by atoms with Crippen LogP contribution in [0.1, 0.15) is 25.6 Å². The molecule has 1 N–H and O–H groups in total. The number of nitro groups is 1. The van der Waals surface area contributed by atoms with Crippen LogP contribution >= 0.6 is 0 Å². The smallest absolute Gasteiger partial charge is 0.271 e. The first-order chi connectivity index (χ1) is 9.13. The van der Waals surface area contributed by atoms with E-state index in [1.54, 1.807) is 12.1 Å². The molecule has 0 unspecified atom stereocenters. The van der Waals surface area contributed by atoms with Crippen molar-refractivity contribution in [2.45, 2.75) is 32.4 Å². The standard InChI is InChI=1S/C13H16N4O2/c1-9-3-2-6-16(9)8-13-14-11-5-4-10(17(18)19)7-12(11)15-13/h4-5,7,9H,2-3,6,8H2,1H3,(H,14,15)/t9-/m0/s1. The minimum absolute atomic E-state index is 0.0947. The first kappa shape index (κ1) is 12.1. The van der Waals surface area contributed by atoms with Crippen LogP contribution in [0.3, 0.4) is 0 Å². The van der Waals surface area contributed by atoms with Crippen molar-refractivity contribution in [3.8, 4) is 0 Å². The number of nitrogens with zero attached hydrogens (tertiary/aromatic N) is 3. The Kier molecular flexibility index (Phi) is 2.94. The Morgan fingerprint density at radius 1 is 1.58 bits per heavy atom. The second-order valence-electron chi connectivity index (χ2n) is 5.10. The summed E-state index contributed by atoms with van der Waals surface area (Å²) in [4.78, 5) is 20.4. The summed E-state index contributed by atoms with van der Waals surface area (Å²) >= 11 is 0. The van der Waals surface area contributed by atoms with E-state index in [-0.39, 0.29) is 10.6 Å². The Bertz CT molecular complexity index is 622. The summed E-state index contributed by atoms with van der Waals surface area (Å²) in [6, 6.07) is 5.31. The average Bonchev–Trinajstić information content (AvgIpc) is 2.95. The van der Waals surface area contributed by atoms with Crippen LogP contribution in [-0.2, 0) is 6.54 Å². The maximum Gasteiger partial charge on any atom is 0.271 e. The number of imidazole rings is 1. The van der Waals surface area contributed by atoms with Crippen molar-refractivity contribution in [3.05, 3.63) is 34.1 Å². The number of aromatic amines is 1. The Hall–Kier alpha value is -1.95. The largest absolute Gasteiger partial charge is 0.341 e. The van der Waals surface area contributed by atoms with Crippen molar-refractivity contribution in [3.63, 3.8) is 0 Å². The maximum atomic E-state index is 10.7. The van der Waals surface area contributed by atoms with E-state index in [0.29, 0.717) is 6.04 Å². The number of hydrogen-bond acceptors (Lipinski definition) is 4. The number of nitrogens with one attached hydrogen (secondary N) is 1. The van der Waals surface area contributed by atoms with E-state index in [2.05, 4.69) is 21.8 Å². The molecule has 1 aliphatic heterocycles. The molecule has 2 aromatic rings. The Morgan fingerprint density at radius 2 is 2.42 bits per heavy atom. The number of hydrogen-bond donors (Lipinski definition) is 1. The fourth-order valence-corrected chi connectivity index (χ4v) is 2.66. The molecule has 1 saturated heterocycles. The van der Waals surface area contributed by atoms with Gasteiger partial charge in [0.2, 0.25) is 0 Å². The molecular weight excluding hydrogens is 244 g/mol. The molecule has 1 atom stereocenters. The van der Waals surface area contributed by atoms with Crippen LogP contribution in [0.2, 0.25) is 0 Å². The van der Waals surface area contributed by atoms with E-state index in [9.17, 15) is 10.1 Å². The number of nitro benzene ring substituents is 1. The molecule has 6 heteroatoms. The fraction of sp³-hybridized carbons (Fsp3) is 0.462. The van der Waals surface area contributed by atoms with Gasteiger partial charge in [-0.1, -0.05) is 0 Å². The number of benzene rings is 1. The van der Waals surface area contributed by atoms with Crippen LogP contribution in [0, 0.1) is 10.1 Å². The van der Waals surface area contributed by atoms with Gasteiger partial charge in [0.05, 0.1) is 22.5 Å². The van der Waals surface area contributed by atoms with Gasteiger partial charge in [0.15, 0.2) is 0 Å². The van der Waals surface area contributed by atoms with Gasteiger partial charge in [-0.3, -0.25) is 15.0 Å². The lowest BCUT2D eigenvalue weighted by molar-refractivity contribution is -0.384. The SMILES string of the molecule is C[C@H]1CCCN1Cc1nc2ccc([N+](=O)[O-])cc2[nH]1. The van der Waals surface area contributed by atoms with Gasteiger partial charge in [0.1, 0.15) is 5.82 Å². The Labute approximate surface area is 110 Å². The third-order valence-corrected chi connectivity index (χ3v) is 3.77. The van der Waals surface area contributed by atoms with Crippen molar-refractivity contribution in [2.24, 2.45) is 0 Å². The summed E-state index contributed by atoms with van der Waals surface area (Å²) < 4.78 is 0. The molecule has 1 aromatic carbocycles. The zero-order chi connectivity index (χ0) is 13.4. The van der Waals surface area contributed by atoms with Crippen LogP contribution in [-0.4, -0.2) is 32.4 Å². The molecule has 1 aromatic heterocycles. The van der Waals surface area contributed by atoms with E-state index in [1.807, 2.05) is 0 Å². The molecule has 0 amide bonds. The van der Waals surface area contributed by atoms with Crippen LogP contribution in [0.15, 0.2) is 18.2 Å². The molecule has 1 fully saturated rings. The maximum absolute atomic E-state index is 10.7. The third kappa shape index (κ3) is 2.31. The minimum Gasteiger partial charge on any atom is -0.341 e. The van der Waals surface area contributed by atoms with Gasteiger partial charge in [-0.2, -0.15) is 0 Å². The minimum atomic E-state index is -0.386. The summed E-state index contributed by atoms with van der Waals surface area (Å²) in [5.41, 5.74) is 1.61. The Balaban J connectivity index is 1.87. The lowest BCUT2D eigenvalue weighted by atomic mass is 10.2. The zero-order valence-electron chi connectivity index (χ0n) is 10.8. The van der Waals surface area contributed by atoms with Crippen molar-refractivity contribution in [1.82, 2.24) is 14.9 Å². The number of H-pyrrole nitrogens is 1. The highest BCUT2D eigenvalue weighted by Gasteiger charge is 2.21. The summed E-state index contributed by atoms with van der Waals surface area (Å²) in [6.45, 7) is 4.10. The predicted molar refractivity (Wildman–Crippen MR) is 71.9 cm³/mol. The second-order valence-corrected chi connectivity index (χ2v) is 5.10. The van der Waals surface area contributed by atoms with Gasteiger partial charge in [0.25, 0.3) is 5.69 Å².